The van der Waals surface area contributed by atoms with Crippen LogP contribution in [0, 0.1) is 11.3 Å². The van der Waals surface area contributed by atoms with Crippen molar-refractivity contribution in [1.29, 1.82) is 5.26 Å². The molecule has 0 unspecified atom stereocenters. The highest BCUT2D eigenvalue weighted by Gasteiger charge is 2.29. The first kappa shape index (κ1) is 35.1. The number of hydrogen-bond acceptors (Lipinski definition) is 13. The molecule has 3 N–H and O–H groups in total. The highest BCUT2D eigenvalue weighted by molar-refractivity contribution is 7.14. The van der Waals surface area contributed by atoms with E-state index in [1.54, 1.807) is 23.7 Å². The molecule has 0 bridgehead atoms. The van der Waals surface area contributed by atoms with Crippen molar-refractivity contribution in [3.8, 4) is 22.5 Å². The summed E-state index contributed by atoms with van der Waals surface area (Å²) in [6.07, 6.45) is 10.9. The van der Waals surface area contributed by atoms with Crippen LogP contribution < -0.4 is 25.8 Å². The molecule has 1 saturated carbocycles. The Bertz CT molecular complexity index is 2230. The molecular formula is C37H39N13O3S. The summed E-state index contributed by atoms with van der Waals surface area (Å²) in [5.74, 6) is 1.61. The summed E-state index contributed by atoms with van der Waals surface area (Å²) in [5, 5.41) is 29.9. The van der Waals surface area contributed by atoms with E-state index >= 15 is 0 Å². The number of imide groups is 1. The Hall–Kier alpha value is -5.99. The molecule has 2 aliphatic heterocycles. The number of urea groups is 1. The van der Waals surface area contributed by atoms with Crippen LogP contribution in [0.15, 0.2) is 55.1 Å². The van der Waals surface area contributed by atoms with E-state index in [0.717, 1.165) is 90.0 Å². The molecule has 17 heteroatoms. The first-order chi connectivity index (χ1) is 26.3. The van der Waals surface area contributed by atoms with E-state index in [-0.39, 0.29) is 24.3 Å². The van der Waals surface area contributed by atoms with Crippen molar-refractivity contribution in [2.24, 2.45) is 0 Å². The molecular weight excluding hydrogens is 707 g/mol. The second-order valence-corrected chi connectivity index (χ2v) is 14.7. The van der Waals surface area contributed by atoms with Crippen molar-refractivity contribution >= 4 is 57.4 Å². The van der Waals surface area contributed by atoms with Gasteiger partial charge in [-0.25, -0.2) is 19.7 Å². The Labute approximate surface area is 315 Å². The molecule has 0 aromatic carbocycles. The molecule has 2 saturated heterocycles. The summed E-state index contributed by atoms with van der Waals surface area (Å²) in [7, 11) is 1.87. The van der Waals surface area contributed by atoms with Gasteiger partial charge < -0.3 is 15.5 Å². The van der Waals surface area contributed by atoms with E-state index < -0.39 is 6.03 Å². The van der Waals surface area contributed by atoms with E-state index in [0.29, 0.717) is 36.1 Å². The normalized spacial score (nSPS) is 19.4. The maximum Gasteiger partial charge on any atom is 0.328 e. The SMILES string of the molecule is CNc1cc(-n2ccc3cc(C#N)cnc32)ncc1-c1nnc(C2CCC(NC(=O)CN3CCN(c4ccc(N5CCC(=O)NC5=O)cn4)CC3)CC2)s1. The summed E-state index contributed by atoms with van der Waals surface area (Å²) in [5.41, 5.74) is 3.65. The number of carbonyl (C=O) groups is 3. The minimum Gasteiger partial charge on any atom is -0.387 e. The number of rotatable bonds is 9. The molecule has 54 heavy (non-hydrogen) atoms. The number of pyridine rings is 3. The van der Waals surface area contributed by atoms with Crippen molar-refractivity contribution < 1.29 is 14.4 Å². The second-order valence-electron chi connectivity index (χ2n) is 13.7. The molecule has 4 amide bonds. The zero-order valence-electron chi connectivity index (χ0n) is 29.7. The summed E-state index contributed by atoms with van der Waals surface area (Å²) in [6.45, 7) is 3.69. The molecule has 1 aliphatic carbocycles. The van der Waals surface area contributed by atoms with Crippen LogP contribution in [0.1, 0.15) is 48.6 Å². The lowest BCUT2D eigenvalue weighted by atomic mass is 9.86. The van der Waals surface area contributed by atoms with Gasteiger partial charge in [0, 0.05) is 93.9 Å². The van der Waals surface area contributed by atoms with Crippen LogP contribution >= 0.6 is 11.3 Å². The van der Waals surface area contributed by atoms with Crippen LogP contribution in [0.4, 0.5) is 22.0 Å². The summed E-state index contributed by atoms with van der Waals surface area (Å²) in [4.78, 5) is 56.3. The number of hydrogen-bond donors (Lipinski definition) is 3. The second kappa shape index (κ2) is 15.2. The average molecular weight is 746 g/mol. The van der Waals surface area contributed by atoms with Crippen molar-refractivity contribution in [2.75, 3.05) is 61.4 Å². The average Bonchev–Trinajstić information content (AvgIpc) is 3.86. The number of amides is 4. The Morgan fingerprint density at radius 3 is 2.52 bits per heavy atom. The fraction of sp³-hybridized carbons (Fsp3) is 0.378. The largest absolute Gasteiger partial charge is 0.387 e. The lowest BCUT2D eigenvalue weighted by Crippen LogP contribution is -2.51. The van der Waals surface area contributed by atoms with Crippen LogP contribution in [-0.4, -0.2) is 105 Å². The van der Waals surface area contributed by atoms with Crippen LogP contribution in [0.2, 0.25) is 0 Å². The molecule has 3 fully saturated rings. The molecule has 0 spiro atoms. The van der Waals surface area contributed by atoms with Gasteiger partial charge in [-0.05, 0) is 49.9 Å². The standard InChI is InChI=1S/C37H39N13O3S/c1-39-29-17-31(50-10-8-25-16-23(18-38)19-42-34(25)50)41-21-28(29)36-46-45-35(54-36)24-2-4-26(5-3-24)43-33(52)22-47-12-14-48(15-13-47)30-7-6-27(20-40-30)49-11-9-32(51)44-37(49)53/h6-8,10,16-17,19-21,24,26H,2-5,9,11-15,22H2,1H3,(H,39,41)(H,43,52)(H,44,51,53). The molecule has 7 heterocycles. The van der Waals surface area contributed by atoms with Gasteiger partial charge in [0.05, 0.1) is 29.6 Å². The third-order valence-corrected chi connectivity index (χ3v) is 11.5. The highest BCUT2D eigenvalue weighted by Crippen LogP contribution is 2.38. The lowest BCUT2D eigenvalue weighted by molar-refractivity contribution is -0.123. The molecule has 0 radical (unpaired) electrons. The van der Waals surface area contributed by atoms with E-state index in [9.17, 15) is 19.6 Å². The number of nitrogens with zero attached hydrogens (tertiary/aromatic N) is 10. The summed E-state index contributed by atoms with van der Waals surface area (Å²) >= 11 is 1.59. The third-order valence-electron chi connectivity index (χ3n) is 10.3. The van der Waals surface area contributed by atoms with Gasteiger partial charge in [0.15, 0.2) is 5.01 Å². The fourth-order valence-corrected chi connectivity index (χ4v) is 8.40. The zero-order valence-corrected chi connectivity index (χ0v) is 30.6. The Morgan fingerprint density at radius 1 is 0.963 bits per heavy atom. The van der Waals surface area contributed by atoms with Gasteiger partial charge in [0.2, 0.25) is 11.8 Å². The van der Waals surface area contributed by atoms with Crippen LogP contribution in [-0.2, 0) is 9.59 Å². The number of aromatic nitrogens is 6. The quantitative estimate of drug-likeness (QED) is 0.199. The molecule has 8 rings (SSSR count). The number of anilines is 3. The van der Waals surface area contributed by atoms with Crippen LogP contribution in [0.25, 0.3) is 27.4 Å². The highest BCUT2D eigenvalue weighted by atomic mass is 32.1. The molecule has 5 aromatic heterocycles. The van der Waals surface area contributed by atoms with Crippen molar-refractivity contribution in [1.82, 2.24) is 45.2 Å². The topological polar surface area (TPSA) is 190 Å². The zero-order chi connectivity index (χ0) is 37.2. The monoisotopic (exact) mass is 745 g/mol. The van der Waals surface area contributed by atoms with Gasteiger partial charge in [0.1, 0.15) is 28.4 Å². The Kier molecular flexibility index (Phi) is 9.85. The smallest absolute Gasteiger partial charge is 0.328 e. The summed E-state index contributed by atoms with van der Waals surface area (Å²) < 4.78 is 1.90. The minimum atomic E-state index is -0.424. The number of fused-ring (bicyclic) bond motifs is 1. The van der Waals surface area contributed by atoms with E-state index in [4.69, 9.17) is 4.98 Å². The molecule has 5 aromatic rings. The first-order valence-corrected chi connectivity index (χ1v) is 18.9. The molecule has 3 aliphatic rings. The van der Waals surface area contributed by atoms with Crippen molar-refractivity contribution in [3.05, 3.63) is 65.7 Å². The Morgan fingerprint density at radius 2 is 1.78 bits per heavy atom. The number of nitriles is 1. The van der Waals surface area contributed by atoms with E-state index in [1.807, 2.05) is 54.3 Å². The van der Waals surface area contributed by atoms with Gasteiger partial charge in [-0.15, -0.1) is 10.2 Å². The number of carbonyl (C=O) groups excluding carboxylic acids is 3. The number of nitrogens with one attached hydrogen (secondary N) is 3. The van der Waals surface area contributed by atoms with Gasteiger partial charge in [-0.3, -0.25) is 29.3 Å². The predicted molar refractivity (Wildman–Crippen MR) is 204 cm³/mol. The van der Waals surface area contributed by atoms with Gasteiger partial charge >= 0.3 is 6.03 Å². The molecule has 0 atom stereocenters. The van der Waals surface area contributed by atoms with Gasteiger partial charge in [0.25, 0.3) is 0 Å². The van der Waals surface area contributed by atoms with Crippen LogP contribution in [0.5, 0.6) is 0 Å². The molecule has 276 valence electrons. The van der Waals surface area contributed by atoms with Crippen molar-refractivity contribution in [2.45, 2.75) is 44.1 Å². The predicted octanol–water partition coefficient (Wildman–Crippen LogP) is 3.66. The first-order valence-electron chi connectivity index (χ1n) is 18.1. The van der Waals surface area contributed by atoms with E-state index in [2.05, 4.69) is 52.0 Å². The maximum atomic E-state index is 13.0. The van der Waals surface area contributed by atoms with Crippen LogP contribution in [0.3, 0.4) is 0 Å². The molecule has 16 nitrogen and oxygen atoms in total. The third kappa shape index (κ3) is 7.30. The van der Waals surface area contributed by atoms with Crippen molar-refractivity contribution in [3.63, 3.8) is 0 Å². The number of piperazine rings is 1. The van der Waals surface area contributed by atoms with Gasteiger partial charge in [-0.2, -0.15) is 5.26 Å². The van der Waals surface area contributed by atoms with Gasteiger partial charge in [-0.1, -0.05) is 11.3 Å². The lowest BCUT2D eigenvalue weighted by Gasteiger charge is -2.35. The fourth-order valence-electron chi connectivity index (χ4n) is 7.36. The Balaban J connectivity index is 0.803. The van der Waals surface area contributed by atoms with E-state index in [1.165, 1.54) is 4.90 Å². The minimum absolute atomic E-state index is 0.0528. The summed E-state index contributed by atoms with van der Waals surface area (Å²) in [6, 6.07) is 11.3. The maximum absolute atomic E-state index is 13.0.